The van der Waals surface area contributed by atoms with Crippen LogP contribution in [0.5, 0.6) is 0 Å². The predicted molar refractivity (Wildman–Crippen MR) is 144 cm³/mol. The second-order valence-corrected chi connectivity index (χ2v) is 12.8. The molecule has 1 saturated heterocycles. The smallest absolute Gasteiger partial charge is 0.338 e. The lowest BCUT2D eigenvalue weighted by atomic mass is 9.45. The molecule has 3 fully saturated rings. The van der Waals surface area contributed by atoms with E-state index in [0.29, 0.717) is 0 Å². The third kappa shape index (κ3) is 4.08. The van der Waals surface area contributed by atoms with Crippen LogP contribution in [0.15, 0.2) is 41.7 Å². The van der Waals surface area contributed by atoms with Gasteiger partial charge in [-0.05, 0) is 24.6 Å². The SMILES string of the molecule is CC(=O)OC1=C2C(C)[C@@H](O)C[C@@](O)([C@@H](OC(=O)c3ccccc3)[C@@H]3[C@]4(OC(C)=O)CO[C@@H]4C[C@H](O)[C@@]3(C)C1=O)C2(C)C. The number of ketones is 1. The fraction of sp³-hybridized carbons (Fsp3) is 0.613. The van der Waals surface area contributed by atoms with Crippen molar-refractivity contribution in [2.45, 2.75) is 90.0 Å². The van der Waals surface area contributed by atoms with Crippen molar-refractivity contribution in [3.8, 4) is 0 Å². The molecule has 1 aliphatic heterocycles. The van der Waals surface area contributed by atoms with Gasteiger partial charge in [0.05, 0.1) is 35.7 Å². The first-order valence-electron chi connectivity index (χ1n) is 14.2. The fourth-order valence-electron chi connectivity index (χ4n) is 7.89. The van der Waals surface area contributed by atoms with E-state index in [-0.39, 0.29) is 30.6 Å². The zero-order chi connectivity index (χ0) is 31.0. The van der Waals surface area contributed by atoms with Gasteiger partial charge in [0.1, 0.15) is 17.8 Å². The molecule has 5 rings (SSSR count). The van der Waals surface area contributed by atoms with Gasteiger partial charge in [0.15, 0.2) is 11.4 Å². The number of allylic oxidation sites excluding steroid dienone is 1. The molecule has 0 radical (unpaired) electrons. The van der Waals surface area contributed by atoms with Crippen molar-refractivity contribution in [1.29, 1.82) is 0 Å². The Balaban J connectivity index is 1.86. The van der Waals surface area contributed by atoms with Crippen LogP contribution in [0.4, 0.5) is 0 Å². The maximum atomic E-state index is 14.8. The third-order valence-electron chi connectivity index (χ3n) is 10.2. The van der Waals surface area contributed by atoms with E-state index in [1.807, 2.05) is 0 Å². The van der Waals surface area contributed by atoms with Crippen LogP contribution in [0, 0.1) is 22.7 Å². The molecule has 3 aliphatic carbocycles. The minimum atomic E-state index is -2.11. The number of hydrogen-bond acceptors (Lipinski definition) is 11. The van der Waals surface area contributed by atoms with Gasteiger partial charge >= 0.3 is 17.9 Å². The number of rotatable bonds is 4. The molecule has 0 amide bonds. The maximum Gasteiger partial charge on any atom is 0.338 e. The number of hydrogen-bond donors (Lipinski definition) is 3. The number of carbonyl (C=O) groups excluding carboxylic acids is 4. The first-order valence-corrected chi connectivity index (χ1v) is 14.2. The highest BCUT2D eigenvalue weighted by Crippen LogP contribution is 2.64. The average molecular weight is 587 g/mol. The van der Waals surface area contributed by atoms with Crippen LogP contribution in [0.25, 0.3) is 0 Å². The molecule has 0 aromatic heterocycles. The molecule has 11 nitrogen and oxygen atoms in total. The summed E-state index contributed by atoms with van der Waals surface area (Å²) in [6.45, 7) is 8.45. The van der Waals surface area contributed by atoms with Crippen molar-refractivity contribution in [1.82, 2.24) is 0 Å². The van der Waals surface area contributed by atoms with E-state index < -0.39 is 87.7 Å². The van der Waals surface area contributed by atoms with E-state index in [1.54, 1.807) is 39.0 Å². The number of aliphatic hydroxyl groups is 3. The summed E-state index contributed by atoms with van der Waals surface area (Å²) in [6, 6.07) is 8.05. The van der Waals surface area contributed by atoms with Gasteiger partial charge in [0, 0.05) is 38.0 Å². The molecular formula is C31H38O11. The van der Waals surface area contributed by atoms with Crippen LogP contribution in [0.1, 0.15) is 64.7 Å². The lowest BCUT2D eigenvalue weighted by Crippen LogP contribution is -2.81. The van der Waals surface area contributed by atoms with E-state index in [4.69, 9.17) is 18.9 Å². The normalized spacial score (nSPS) is 40.4. The molecule has 3 N–H and O–H groups in total. The summed E-state index contributed by atoms with van der Waals surface area (Å²) < 4.78 is 23.4. The van der Waals surface area contributed by atoms with Gasteiger partial charge in [-0.3, -0.25) is 14.4 Å². The number of ether oxygens (including phenoxy) is 4. The Morgan fingerprint density at radius 2 is 1.67 bits per heavy atom. The molecule has 1 unspecified atom stereocenters. The van der Waals surface area contributed by atoms with Gasteiger partial charge in [-0.15, -0.1) is 0 Å². The monoisotopic (exact) mass is 586 g/mol. The molecule has 1 heterocycles. The molecule has 11 heteroatoms. The van der Waals surface area contributed by atoms with Crippen LogP contribution >= 0.6 is 0 Å². The molecule has 2 saturated carbocycles. The average Bonchev–Trinajstić information content (AvgIpc) is 2.90. The Morgan fingerprint density at radius 1 is 1.02 bits per heavy atom. The maximum absolute atomic E-state index is 14.8. The zero-order valence-electron chi connectivity index (χ0n) is 24.6. The number of aliphatic hydroxyl groups excluding tert-OH is 2. The summed E-state index contributed by atoms with van der Waals surface area (Å²) in [7, 11) is 0. The van der Waals surface area contributed by atoms with Crippen molar-refractivity contribution in [2.24, 2.45) is 22.7 Å². The molecule has 0 spiro atoms. The molecule has 4 aliphatic rings. The van der Waals surface area contributed by atoms with Gasteiger partial charge in [0.25, 0.3) is 0 Å². The molecular weight excluding hydrogens is 548 g/mol. The van der Waals surface area contributed by atoms with Crippen molar-refractivity contribution in [3.63, 3.8) is 0 Å². The number of carbonyl (C=O) groups is 4. The van der Waals surface area contributed by atoms with E-state index in [0.717, 1.165) is 6.92 Å². The second kappa shape index (κ2) is 9.97. The van der Waals surface area contributed by atoms with Crippen molar-refractivity contribution >= 4 is 23.7 Å². The largest absolute Gasteiger partial charge is 0.455 e. The fourth-order valence-corrected chi connectivity index (χ4v) is 7.89. The number of esters is 3. The minimum Gasteiger partial charge on any atom is -0.455 e. The van der Waals surface area contributed by atoms with Gasteiger partial charge in [0.2, 0.25) is 5.78 Å². The van der Waals surface area contributed by atoms with E-state index >= 15 is 0 Å². The van der Waals surface area contributed by atoms with E-state index in [9.17, 15) is 34.5 Å². The Morgan fingerprint density at radius 3 is 2.21 bits per heavy atom. The summed E-state index contributed by atoms with van der Waals surface area (Å²) in [5.74, 6) is -5.67. The topological polar surface area (TPSA) is 166 Å². The highest BCUT2D eigenvalue weighted by molar-refractivity contribution is 6.02. The molecule has 228 valence electrons. The summed E-state index contributed by atoms with van der Waals surface area (Å²) in [5.41, 5.74) is -6.73. The predicted octanol–water partition coefficient (Wildman–Crippen LogP) is 1.86. The summed E-state index contributed by atoms with van der Waals surface area (Å²) in [6.07, 6.45) is -5.61. The molecule has 1 aromatic carbocycles. The zero-order valence-corrected chi connectivity index (χ0v) is 24.6. The number of fused-ring (bicyclic) bond motifs is 5. The highest BCUT2D eigenvalue weighted by Gasteiger charge is 2.77. The first-order chi connectivity index (χ1) is 19.5. The van der Waals surface area contributed by atoms with Gasteiger partial charge in [-0.25, -0.2) is 4.79 Å². The third-order valence-corrected chi connectivity index (χ3v) is 10.2. The Kier molecular flexibility index (Phi) is 7.20. The number of Topliss-reactive ketones (excluding diaryl/α,β-unsaturated/α-hetero) is 1. The first kappa shape index (κ1) is 30.3. The molecule has 1 aromatic rings. The Labute approximate surface area is 243 Å². The summed E-state index contributed by atoms with van der Waals surface area (Å²) in [4.78, 5) is 53.4. The van der Waals surface area contributed by atoms with Crippen molar-refractivity contribution in [2.75, 3.05) is 6.61 Å². The van der Waals surface area contributed by atoms with Crippen LogP contribution in [-0.2, 0) is 33.3 Å². The highest BCUT2D eigenvalue weighted by atomic mass is 16.6. The molecule has 9 atom stereocenters. The lowest BCUT2D eigenvalue weighted by Gasteiger charge is -2.67. The van der Waals surface area contributed by atoms with Gasteiger partial charge in [-0.2, -0.15) is 0 Å². The summed E-state index contributed by atoms with van der Waals surface area (Å²) >= 11 is 0. The Hall–Kier alpha value is -3.12. The van der Waals surface area contributed by atoms with E-state index in [2.05, 4.69) is 0 Å². The summed E-state index contributed by atoms with van der Waals surface area (Å²) in [5, 5.41) is 35.8. The van der Waals surface area contributed by atoms with Gasteiger partial charge < -0.3 is 34.3 Å². The van der Waals surface area contributed by atoms with Crippen LogP contribution < -0.4 is 0 Å². The van der Waals surface area contributed by atoms with Crippen LogP contribution in [0.3, 0.4) is 0 Å². The molecule has 42 heavy (non-hydrogen) atoms. The number of benzene rings is 1. The molecule has 2 bridgehead atoms. The van der Waals surface area contributed by atoms with Crippen molar-refractivity contribution < 1.29 is 53.4 Å². The van der Waals surface area contributed by atoms with Crippen LogP contribution in [-0.4, -0.2) is 81.2 Å². The lowest BCUT2D eigenvalue weighted by molar-refractivity contribution is -0.345. The minimum absolute atomic E-state index is 0.117. The van der Waals surface area contributed by atoms with Crippen LogP contribution in [0.2, 0.25) is 0 Å². The van der Waals surface area contributed by atoms with Gasteiger partial charge in [-0.1, -0.05) is 39.0 Å². The second-order valence-electron chi connectivity index (χ2n) is 12.8. The quantitative estimate of drug-likeness (QED) is 0.348. The Bertz CT molecular complexity index is 1350. The van der Waals surface area contributed by atoms with E-state index in [1.165, 1.54) is 26.0 Å². The standard InChI is InChI=1S/C31H38O11/c1-15-19(34)13-31(38)26(41-27(37)18-10-8-7-9-11-18)24-29(6,20(35)12-21-30(24,14-39-21)42-17(3)33)25(36)23(40-16(2)32)22(15)28(31,4)5/h7-11,15,19-21,24,26,34-35,38H,12-14H2,1-6H3/t15?,19-,20-,21+,24-,26-,29+,30-,31+/m0/s1. The van der Waals surface area contributed by atoms with Crippen molar-refractivity contribution in [3.05, 3.63) is 47.2 Å².